The van der Waals surface area contributed by atoms with Crippen molar-refractivity contribution in [3.05, 3.63) is 0 Å². The fourth-order valence-electron chi connectivity index (χ4n) is 2.49. The molecule has 0 radical (unpaired) electrons. The maximum absolute atomic E-state index is 11.7. The van der Waals surface area contributed by atoms with Crippen LogP contribution < -0.4 is 11.1 Å². The van der Waals surface area contributed by atoms with Crippen LogP contribution in [0.3, 0.4) is 0 Å². The molecular weight excluding hydrogens is 244 g/mol. The van der Waals surface area contributed by atoms with Gasteiger partial charge in [0.2, 0.25) is 5.91 Å². The van der Waals surface area contributed by atoms with Crippen LogP contribution in [-0.2, 0) is 14.3 Å². The number of ether oxygens (including phenoxy) is 2. The Bertz CT molecular complexity index is 251. The smallest absolute Gasteiger partial charge is 0.246 e. The Kier molecular flexibility index (Phi) is 8.02. The number of carbonyl (C=O) groups excluding carboxylic acids is 1. The first kappa shape index (κ1) is 16.4. The molecule has 3 N–H and O–H groups in total. The molecule has 1 aliphatic rings. The first-order valence-electron chi connectivity index (χ1n) is 7.32. The molecule has 1 saturated carbocycles. The van der Waals surface area contributed by atoms with Gasteiger partial charge in [-0.1, -0.05) is 25.7 Å². The molecule has 0 bridgehead atoms. The van der Waals surface area contributed by atoms with E-state index in [1.807, 2.05) is 0 Å². The van der Waals surface area contributed by atoms with Crippen LogP contribution in [0.1, 0.15) is 44.9 Å². The molecule has 0 aliphatic heterocycles. The van der Waals surface area contributed by atoms with E-state index in [0.29, 0.717) is 19.7 Å². The van der Waals surface area contributed by atoms with Gasteiger partial charge in [0, 0.05) is 26.8 Å². The van der Waals surface area contributed by atoms with Crippen molar-refractivity contribution in [2.45, 2.75) is 50.5 Å². The fraction of sp³-hybridized carbons (Fsp3) is 0.929. The Morgan fingerprint density at radius 3 is 2.53 bits per heavy atom. The Labute approximate surface area is 116 Å². The zero-order valence-electron chi connectivity index (χ0n) is 12.1. The highest BCUT2D eigenvalue weighted by atomic mass is 16.5. The van der Waals surface area contributed by atoms with Crippen molar-refractivity contribution in [3.63, 3.8) is 0 Å². The molecule has 0 aromatic heterocycles. The van der Waals surface area contributed by atoms with E-state index in [2.05, 4.69) is 5.32 Å². The molecule has 0 spiro atoms. The Morgan fingerprint density at radius 1 is 1.26 bits per heavy atom. The van der Waals surface area contributed by atoms with Crippen molar-refractivity contribution in [2.75, 3.05) is 33.4 Å². The molecule has 1 fully saturated rings. The molecule has 5 nitrogen and oxygen atoms in total. The molecule has 1 amide bonds. The largest absolute Gasteiger partial charge is 0.385 e. The minimum Gasteiger partial charge on any atom is -0.385 e. The van der Waals surface area contributed by atoms with Crippen LogP contribution in [-0.4, -0.2) is 44.9 Å². The van der Waals surface area contributed by atoms with Crippen LogP contribution >= 0.6 is 0 Å². The summed E-state index contributed by atoms with van der Waals surface area (Å²) in [5.74, 6) is -0.0619. The second-order valence-electron chi connectivity index (χ2n) is 5.29. The minimum atomic E-state index is -0.277. The zero-order valence-corrected chi connectivity index (χ0v) is 12.1. The minimum absolute atomic E-state index is 0.0619. The summed E-state index contributed by atoms with van der Waals surface area (Å²) in [5.41, 5.74) is 5.58. The highest BCUT2D eigenvalue weighted by Gasteiger charge is 2.30. The number of carbonyl (C=O) groups is 1. The van der Waals surface area contributed by atoms with E-state index in [1.54, 1.807) is 7.11 Å². The van der Waals surface area contributed by atoms with E-state index in [1.165, 1.54) is 12.8 Å². The van der Waals surface area contributed by atoms with Crippen molar-refractivity contribution in [2.24, 2.45) is 5.73 Å². The average Bonchev–Trinajstić information content (AvgIpc) is 2.67. The number of rotatable bonds is 8. The Hall–Kier alpha value is -0.650. The number of amides is 1. The number of methoxy groups -OCH3 is 1. The lowest BCUT2D eigenvalue weighted by Gasteiger charge is -2.31. The van der Waals surface area contributed by atoms with Crippen molar-refractivity contribution >= 4 is 5.91 Å². The summed E-state index contributed by atoms with van der Waals surface area (Å²) < 4.78 is 10.8. The SMILES string of the molecule is COCCCNC(=O)COC1(CN)CCCCCC1. The third-order valence-electron chi connectivity index (χ3n) is 3.74. The summed E-state index contributed by atoms with van der Waals surface area (Å²) in [7, 11) is 1.65. The molecule has 0 aromatic rings. The second kappa shape index (κ2) is 9.28. The third-order valence-corrected chi connectivity index (χ3v) is 3.74. The highest BCUT2D eigenvalue weighted by Crippen LogP contribution is 2.29. The quantitative estimate of drug-likeness (QED) is 0.514. The standard InChI is InChI=1S/C14H28N2O3/c1-18-10-6-9-16-13(17)11-19-14(12-15)7-4-2-3-5-8-14/h2-12,15H2,1H3,(H,16,17). The molecule has 0 heterocycles. The van der Waals surface area contributed by atoms with E-state index >= 15 is 0 Å². The maximum atomic E-state index is 11.7. The highest BCUT2D eigenvalue weighted by molar-refractivity contribution is 5.77. The van der Waals surface area contributed by atoms with E-state index in [0.717, 1.165) is 32.1 Å². The summed E-state index contributed by atoms with van der Waals surface area (Å²) in [5, 5.41) is 2.83. The lowest BCUT2D eigenvalue weighted by molar-refractivity contribution is -0.133. The topological polar surface area (TPSA) is 73.6 Å². The van der Waals surface area contributed by atoms with Gasteiger partial charge in [-0.15, -0.1) is 0 Å². The maximum Gasteiger partial charge on any atom is 0.246 e. The van der Waals surface area contributed by atoms with E-state index in [4.69, 9.17) is 15.2 Å². The van der Waals surface area contributed by atoms with Gasteiger partial charge in [-0.05, 0) is 19.3 Å². The van der Waals surface area contributed by atoms with Crippen LogP contribution in [0.2, 0.25) is 0 Å². The van der Waals surface area contributed by atoms with Crippen molar-refractivity contribution in [1.29, 1.82) is 0 Å². The molecular formula is C14H28N2O3. The van der Waals surface area contributed by atoms with Crippen molar-refractivity contribution in [1.82, 2.24) is 5.32 Å². The monoisotopic (exact) mass is 272 g/mol. The van der Waals surface area contributed by atoms with Crippen LogP contribution in [0, 0.1) is 0 Å². The zero-order chi connectivity index (χ0) is 14.0. The molecule has 0 saturated heterocycles. The normalized spacial score (nSPS) is 18.8. The summed E-state index contributed by atoms with van der Waals surface area (Å²) in [6, 6.07) is 0. The van der Waals surface area contributed by atoms with Gasteiger partial charge in [0.05, 0.1) is 5.60 Å². The van der Waals surface area contributed by atoms with Crippen molar-refractivity contribution in [3.8, 4) is 0 Å². The predicted octanol–water partition coefficient (Wildman–Crippen LogP) is 1.21. The predicted molar refractivity (Wildman–Crippen MR) is 74.9 cm³/mol. The summed E-state index contributed by atoms with van der Waals surface area (Å²) in [4.78, 5) is 11.7. The van der Waals surface area contributed by atoms with Gasteiger partial charge >= 0.3 is 0 Å². The number of hydrogen-bond acceptors (Lipinski definition) is 4. The number of nitrogens with two attached hydrogens (primary N) is 1. The van der Waals surface area contributed by atoms with Gasteiger partial charge in [0.25, 0.3) is 0 Å². The first-order chi connectivity index (χ1) is 9.22. The van der Waals surface area contributed by atoms with Gasteiger partial charge in [-0.2, -0.15) is 0 Å². The van der Waals surface area contributed by atoms with Crippen LogP contribution in [0.5, 0.6) is 0 Å². The van der Waals surface area contributed by atoms with Gasteiger partial charge in [0.1, 0.15) is 6.61 Å². The molecule has 0 unspecified atom stereocenters. The first-order valence-corrected chi connectivity index (χ1v) is 7.32. The van der Waals surface area contributed by atoms with E-state index in [9.17, 15) is 4.79 Å². The van der Waals surface area contributed by atoms with Gasteiger partial charge in [-0.25, -0.2) is 0 Å². The van der Waals surface area contributed by atoms with E-state index in [-0.39, 0.29) is 18.1 Å². The molecule has 1 aliphatic carbocycles. The molecule has 1 rings (SSSR count). The molecule has 5 heteroatoms. The van der Waals surface area contributed by atoms with Gasteiger partial charge in [0.15, 0.2) is 0 Å². The molecule has 0 atom stereocenters. The number of nitrogens with one attached hydrogen (secondary N) is 1. The second-order valence-corrected chi connectivity index (χ2v) is 5.29. The number of hydrogen-bond donors (Lipinski definition) is 2. The lowest BCUT2D eigenvalue weighted by Crippen LogP contribution is -2.43. The Balaban J connectivity index is 2.25. The summed E-state index contributed by atoms with van der Waals surface area (Å²) in [6.45, 7) is 1.91. The third kappa shape index (κ3) is 6.36. The fourth-order valence-corrected chi connectivity index (χ4v) is 2.49. The Morgan fingerprint density at radius 2 is 1.95 bits per heavy atom. The van der Waals surface area contributed by atoms with Crippen molar-refractivity contribution < 1.29 is 14.3 Å². The molecule has 0 aromatic carbocycles. The summed E-state index contributed by atoms with van der Waals surface area (Å²) in [6.07, 6.45) is 7.55. The van der Waals surface area contributed by atoms with E-state index < -0.39 is 0 Å². The van der Waals surface area contributed by atoms with Crippen LogP contribution in [0.4, 0.5) is 0 Å². The summed E-state index contributed by atoms with van der Waals surface area (Å²) >= 11 is 0. The van der Waals surface area contributed by atoms with Crippen LogP contribution in [0.15, 0.2) is 0 Å². The molecule has 112 valence electrons. The van der Waals surface area contributed by atoms with Crippen LogP contribution in [0.25, 0.3) is 0 Å². The van der Waals surface area contributed by atoms with Gasteiger partial charge < -0.3 is 20.5 Å². The molecule has 19 heavy (non-hydrogen) atoms. The average molecular weight is 272 g/mol. The van der Waals surface area contributed by atoms with Gasteiger partial charge in [-0.3, -0.25) is 4.79 Å². The lowest BCUT2D eigenvalue weighted by atomic mass is 9.94.